The summed E-state index contributed by atoms with van der Waals surface area (Å²) in [5.41, 5.74) is 6.61. The van der Waals surface area contributed by atoms with Gasteiger partial charge in [0, 0.05) is 17.7 Å². The van der Waals surface area contributed by atoms with E-state index in [4.69, 9.17) is 5.73 Å². The number of nitro groups is 1. The minimum atomic E-state index is -0.603. The maximum absolute atomic E-state index is 13.0. The smallest absolute Gasteiger partial charge is 0.274 e. The Hall–Kier alpha value is -1.46. The van der Waals surface area contributed by atoms with Crippen LogP contribution in [0, 0.1) is 15.9 Å². The van der Waals surface area contributed by atoms with Gasteiger partial charge in [-0.1, -0.05) is 5.57 Å². The molecule has 0 heterocycles. The van der Waals surface area contributed by atoms with Crippen LogP contribution in [0.1, 0.15) is 24.9 Å². The third kappa shape index (κ3) is 4.13. The van der Waals surface area contributed by atoms with Crippen molar-refractivity contribution in [2.75, 3.05) is 0 Å². The van der Waals surface area contributed by atoms with E-state index in [-0.39, 0.29) is 23.7 Å². The first-order chi connectivity index (χ1) is 7.41. The Morgan fingerprint density at radius 1 is 1.65 bits per heavy atom. The van der Waals surface area contributed by atoms with Gasteiger partial charge in [-0.05, 0) is 25.5 Å². The minimum Gasteiger partial charge on any atom is -0.323 e. The van der Waals surface area contributed by atoms with Gasteiger partial charge in [0.25, 0.3) is 5.69 Å². The molecule has 0 unspecified atom stereocenters. The first kappa shape index (κ1) is 15.5. The third-order valence-electron chi connectivity index (χ3n) is 2.15. The molecule has 94 valence electrons. The van der Waals surface area contributed by atoms with Crippen LogP contribution in [0.25, 0.3) is 0 Å². The van der Waals surface area contributed by atoms with E-state index in [2.05, 4.69) is 6.58 Å². The SMILES string of the molecule is C=C(C)C[C@@H](N)c1cc(F)ccc1[N+](=O)[O-].Cl. The minimum absolute atomic E-state index is 0. The van der Waals surface area contributed by atoms with Gasteiger partial charge in [-0.25, -0.2) is 4.39 Å². The number of halogens is 2. The quantitative estimate of drug-likeness (QED) is 0.514. The summed E-state index contributed by atoms with van der Waals surface area (Å²) >= 11 is 0. The molecule has 0 spiro atoms. The van der Waals surface area contributed by atoms with Crippen molar-refractivity contribution in [1.29, 1.82) is 0 Å². The molecule has 1 aromatic carbocycles. The molecule has 0 aromatic heterocycles. The molecule has 17 heavy (non-hydrogen) atoms. The average Bonchev–Trinajstić information content (AvgIpc) is 2.15. The van der Waals surface area contributed by atoms with E-state index in [0.29, 0.717) is 6.42 Å². The zero-order valence-corrected chi connectivity index (χ0v) is 10.2. The van der Waals surface area contributed by atoms with Crippen LogP contribution in [0.4, 0.5) is 10.1 Å². The summed E-state index contributed by atoms with van der Waals surface area (Å²) in [7, 11) is 0. The van der Waals surface area contributed by atoms with Crippen molar-refractivity contribution in [3.63, 3.8) is 0 Å². The normalized spacial score (nSPS) is 11.5. The zero-order chi connectivity index (χ0) is 12.3. The summed E-state index contributed by atoms with van der Waals surface area (Å²) in [4.78, 5) is 10.2. The summed E-state index contributed by atoms with van der Waals surface area (Å²) in [6.45, 7) is 5.44. The van der Waals surface area contributed by atoms with Crippen molar-refractivity contribution < 1.29 is 9.31 Å². The first-order valence-electron chi connectivity index (χ1n) is 4.75. The van der Waals surface area contributed by atoms with Crippen molar-refractivity contribution >= 4 is 18.1 Å². The third-order valence-corrected chi connectivity index (χ3v) is 2.15. The lowest BCUT2D eigenvalue weighted by molar-refractivity contribution is -0.385. The number of benzene rings is 1. The van der Waals surface area contributed by atoms with Crippen LogP contribution in [0.3, 0.4) is 0 Å². The number of hydrogen-bond donors (Lipinski definition) is 1. The Kier molecular flexibility index (Phi) is 5.78. The maximum Gasteiger partial charge on any atom is 0.274 e. The molecule has 4 nitrogen and oxygen atoms in total. The molecular weight excluding hydrogens is 247 g/mol. The molecule has 0 bridgehead atoms. The van der Waals surface area contributed by atoms with Crippen molar-refractivity contribution in [1.82, 2.24) is 0 Å². The number of nitrogens with two attached hydrogens (primary N) is 1. The summed E-state index contributed by atoms with van der Waals surface area (Å²) in [5.74, 6) is -0.530. The van der Waals surface area contributed by atoms with E-state index in [1.807, 2.05) is 0 Å². The molecule has 0 aliphatic carbocycles. The molecule has 1 atom stereocenters. The number of hydrogen-bond acceptors (Lipinski definition) is 3. The second kappa shape index (κ2) is 6.32. The summed E-state index contributed by atoms with van der Waals surface area (Å²) < 4.78 is 13.0. The van der Waals surface area contributed by atoms with Gasteiger partial charge in [0.15, 0.2) is 0 Å². The fourth-order valence-electron chi connectivity index (χ4n) is 1.47. The van der Waals surface area contributed by atoms with E-state index < -0.39 is 16.8 Å². The molecule has 0 saturated carbocycles. The van der Waals surface area contributed by atoms with Gasteiger partial charge in [0.05, 0.1) is 4.92 Å². The highest BCUT2D eigenvalue weighted by Crippen LogP contribution is 2.27. The average molecular weight is 261 g/mol. The van der Waals surface area contributed by atoms with Crippen LogP contribution in [0.2, 0.25) is 0 Å². The molecule has 1 rings (SSSR count). The summed E-state index contributed by atoms with van der Waals surface area (Å²) in [6, 6.07) is 2.68. The Balaban J connectivity index is 0.00000256. The van der Waals surface area contributed by atoms with E-state index in [0.717, 1.165) is 23.8 Å². The molecule has 0 aliphatic heterocycles. The first-order valence-corrected chi connectivity index (χ1v) is 4.75. The van der Waals surface area contributed by atoms with Crippen molar-refractivity contribution in [3.05, 3.63) is 51.8 Å². The van der Waals surface area contributed by atoms with Gasteiger partial charge in [-0.2, -0.15) is 0 Å². The van der Waals surface area contributed by atoms with Crippen LogP contribution in [0.5, 0.6) is 0 Å². The lowest BCUT2D eigenvalue weighted by atomic mass is 9.99. The van der Waals surface area contributed by atoms with Gasteiger partial charge < -0.3 is 5.73 Å². The molecule has 1 aromatic rings. The molecule has 0 amide bonds. The Bertz CT molecular complexity index is 437. The van der Waals surface area contributed by atoms with E-state index in [1.165, 1.54) is 0 Å². The molecule has 0 fully saturated rings. The van der Waals surface area contributed by atoms with Crippen molar-refractivity contribution in [2.24, 2.45) is 5.73 Å². The highest BCUT2D eigenvalue weighted by atomic mass is 35.5. The highest BCUT2D eigenvalue weighted by Gasteiger charge is 2.19. The molecule has 0 saturated heterocycles. The van der Waals surface area contributed by atoms with Gasteiger partial charge in [0.2, 0.25) is 0 Å². The van der Waals surface area contributed by atoms with Gasteiger partial charge >= 0.3 is 0 Å². The van der Waals surface area contributed by atoms with E-state index in [9.17, 15) is 14.5 Å². The van der Waals surface area contributed by atoms with Gasteiger partial charge in [-0.3, -0.25) is 10.1 Å². The Morgan fingerprint density at radius 2 is 2.24 bits per heavy atom. The van der Waals surface area contributed by atoms with E-state index >= 15 is 0 Å². The van der Waals surface area contributed by atoms with Crippen LogP contribution in [-0.2, 0) is 0 Å². The molecule has 6 heteroatoms. The molecular formula is C11H14ClFN2O2. The number of nitro benzene ring substituents is 1. The summed E-state index contributed by atoms with van der Waals surface area (Å²) in [6.07, 6.45) is 0.393. The maximum atomic E-state index is 13.0. The highest BCUT2D eigenvalue weighted by molar-refractivity contribution is 5.85. The van der Waals surface area contributed by atoms with Crippen LogP contribution < -0.4 is 5.73 Å². The second-order valence-electron chi connectivity index (χ2n) is 3.73. The van der Waals surface area contributed by atoms with Crippen LogP contribution in [-0.4, -0.2) is 4.92 Å². The lowest BCUT2D eigenvalue weighted by Crippen LogP contribution is -2.13. The topological polar surface area (TPSA) is 69.2 Å². The Morgan fingerprint density at radius 3 is 2.71 bits per heavy atom. The van der Waals surface area contributed by atoms with Gasteiger partial charge in [-0.15, -0.1) is 19.0 Å². The van der Waals surface area contributed by atoms with Crippen molar-refractivity contribution in [3.8, 4) is 0 Å². The fraction of sp³-hybridized carbons (Fsp3) is 0.273. The molecule has 0 radical (unpaired) electrons. The monoisotopic (exact) mass is 260 g/mol. The standard InChI is InChI=1S/C11H13FN2O2.ClH/c1-7(2)5-10(13)9-6-8(12)3-4-11(9)14(15)16;/h3-4,6,10H,1,5,13H2,2H3;1H/t10-;/m1./s1. The van der Waals surface area contributed by atoms with E-state index in [1.54, 1.807) is 6.92 Å². The van der Waals surface area contributed by atoms with Crippen molar-refractivity contribution in [2.45, 2.75) is 19.4 Å². The lowest BCUT2D eigenvalue weighted by Gasteiger charge is -2.12. The number of nitrogens with zero attached hydrogens (tertiary/aromatic N) is 1. The fourth-order valence-corrected chi connectivity index (χ4v) is 1.47. The van der Waals surface area contributed by atoms with Crippen LogP contribution >= 0.6 is 12.4 Å². The predicted molar refractivity (Wildman–Crippen MR) is 66.7 cm³/mol. The molecule has 2 N–H and O–H groups in total. The Labute approximate surface area is 105 Å². The number of rotatable bonds is 4. The second-order valence-corrected chi connectivity index (χ2v) is 3.73. The zero-order valence-electron chi connectivity index (χ0n) is 9.35. The largest absolute Gasteiger partial charge is 0.323 e. The van der Waals surface area contributed by atoms with Crippen LogP contribution in [0.15, 0.2) is 30.4 Å². The molecule has 0 aliphatic rings. The summed E-state index contributed by atoms with van der Waals surface area (Å²) in [5, 5.41) is 10.7. The van der Waals surface area contributed by atoms with Gasteiger partial charge in [0.1, 0.15) is 5.82 Å². The predicted octanol–water partition coefficient (Wildman–Crippen LogP) is 3.12.